The van der Waals surface area contributed by atoms with Gasteiger partial charge in [-0.3, -0.25) is 14.6 Å². The molecule has 2 N–H and O–H groups in total. The van der Waals surface area contributed by atoms with Gasteiger partial charge in [-0.15, -0.1) is 0 Å². The third kappa shape index (κ3) is 6.64. The van der Waals surface area contributed by atoms with Gasteiger partial charge in [-0.25, -0.2) is 9.18 Å². The van der Waals surface area contributed by atoms with E-state index in [-0.39, 0.29) is 18.3 Å². The van der Waals surface area contributed by atoms with E-state index in [1.165, 1.54) is 11.0 Å². The van der Waals surface area contributed by atoms with Crippen LogP contribution in [0.1, 0.15) is 23.6 Å². The molecule has 39 heavy (non-hydrogen) atoms. The fraction of sp³-hybridized carbons (Fsp3) is 0.355. The zero-order valence-electron chi connectivity index (χ0n) is 22.0. The smallest absolute Gasteiger partial charge is 0.415 e. The lowest BCUT2D eigenvalue weighted by Crippen LogP contribution is -2.52. The molecule has 8 heteroatoms. The summed E-state index contributed by atoms with van der Waals surface area (Å²) in [5.74, 6) is -0.394. The van der Waals surface area contributed by atoms with Gasteiger partial charge in [-0.1, -0.05) is 61.5 Å². The maximum absolute atomic E-state index is 13.8. The molecule has 5 rings (SSSR count). The van der Waals surface area contributed by atoms with Crippen molar-refractivity contribution in [1.82, 2.24) is 10.2 Å². The lowest BCUT2D eigenvalue weighted by atomic mass is 9.99. The van der Waals surface area contributed by atoms with Crippen LogP contribution in [0.3, 0.4) is 0 Å². The number of aliphatic hydroxyl groups excluding tert-OH is 1. The van der Waals surface area contributed by atoms with E-state index in [1.54, 1.807) is 18.2 Å². The van der Waals surface area contributed by atoms with Gasteiger partial charge in [-0.05, 0) is 59.7 Å². The second-order valence-electron chi connectivity index (χ2n) is 10.6. The summed E-state index contributed by atoms with van der Waals surface area (Å²) in [5, 5.41) is 14.4. The summed E-state index contributed by atoms with van der Waals surface area (Å²) in [6.45, 7) is 3.88. The molecule has 7 nitrogen and oxygen atoms in total. The van der Waals surface area contributed by atoms with Crippen LogP contribution in [0.4, 0.5) is 14.9 Å². The number of para-hydroxylation sites is 1. The number of hydrogen-bond acceptors (Lipinski definition) is 5. The number of cyclic esters (lactones) is 1. The second kappa shape index (κ2) is 12.0. The van der Waals surface area contributed by atoms with E-state index in [1.807, 2.05) is 54.6 Å². The maximum atomic E-state index is 13.8. The van der Waals surface area contributed by atoms with E-state index < -0.39 is 30.3 Å². The van der Waals surface area contributed by atoms with Gasteiger partial charge in [0.1, 0.15) is 5.82 Å². The van der Waals surface area contributed by atoms with Gasteiger partial charge in [0.15, 0.2) is 6.10 Å². The second-order valence-corrected chi connectivity index (χ2v) is 10.6. The summed E-state index contributed by atoms with van der Waals surface area (Å²) in [6.07, 6.45) is -1.25. The molecule has 3 aromatic carbocycles. The highest BCUT2D eigenvalue weighted by atomic mass is 19.1. The summed E-state index contributed by atoms with van der Waals surface area (Å²) in [5.41, 5.74) is 3.69. The predicted octanol–water partition coefficient (Wildman–Crippen LogP) is 3.93. The molecule has 0 saturated carbocycles. The number of fused-ring (bicyclic) bond motifs is 1. The Kier molecular flexibility index (Phi) is 8.24. The molecule has 0 aromatic heterocycles. The molecule has 0 spiro atoms. The van der Waals surface area contributed by atoms with Crippen molar-refractivity contribution < 1.29 is 23.8 Å². The largest absolute Gasteiger partial charge is 0.434 e. The van der Waals surface area contributed by atoms with Gasteiger partial charge in [0.05, 0.1) is 18.7 Å². The van der Waals surface area contributed by atoms with E-state index in [4.69, 9.17) is 4.74 Å². The van der Waals surface area contributed by atoms with Crippen molar-refractivity contribution in [2.45, 2.75) is 44.6 Å². The molecule has 2 heterocycles. The molecular weight excluding hydrogens is 497 g/mol. The van der Waals surface area contributed by atoms with Crippen molar-refractivity contribution in [1.29, 1.82) is 0 Å². The number of hydrogen-bond donors (Lipinski definition) is 2. The minimum Gasteiger partial charge on any atom is -0.434 e. The first-order valence-corrected chi connectivity index (χ1v) is 13.4. The summed E-state index contributed by atoms with van der Waals surface area (Å²) >= 11 is 0. The highest BCUT2D eigenvalue weighted by molar-refractivity contribution is 5.95. The quantitative estimate of drug-likeness (QED) is 0.460. The van der Waals surface area contributed by atoms with Crippen LogP contribution in [-0.4, -0.2) is 59.9 Å². The molecule has 0 radical (unpaired) electrons. The standard InChI is InChI=1S/C31H34FN3O4/c1-21-14-24-16-25(32)13-12-23(24)18-34(17-21)19-28(36)27(15-22-8-4-2-5-9-22)33-30(37)29-20-35(31(38)39-29)26-10-6-3-7-11-26/h2-13,16,21,27-29,36H,14-15,17-20H2,1H3,(H,33,37)/t21-,27-,28+,29?/m0/s1. The zero-order valence-corrected chi connectivity index (χ0v) is 22.0. The number of aliphatic hydroxyl groups is 1. The van der Waals surface area contributed by atoms with E-state index in [0.717, 1.165) is 29.7 Å². The molecule has 2 aliphatic rings. The first kappa shape index (κ1) is 26.8. The van der Waals surface area contributed by atoms with Gasteiger partial charge < -0.3 is 15.2 Å². The normalized spacial score (nSPS) is 21.0. The fourth-order valence-electron chi connectivity index (χ4n) is 5.50. The minimum atomic E-state index is -0.983. The van der Waals surface area contributed by atoms with Crippen LogP contribution < -0.4 is 10.2 Å². The Balaban J connectivity index is 1.29. The molecule has 204 valence electrons. The number of ether oxygens (including phenoxy) is 1. The summed E-state index contributed by atoms with van der Waals surface area (Å²) < 4.78 is 19.2. The Morgan fingerprint density at radius 1 is 1.05 bits per heavy atom. The Morgan fingerprint density at radius 3 is 2.51 bits per heavy atom. The average molecular weight is 532 g/mol. The van der Waals surface area contributed by atoms with Gasteiger partial charge in [0.2, 0.25) is 0 Å². The molecule has 0 bridgehead atoms. The molecule has 4 atom stereocenters. The highest BCUT2D eigenvalue weighted by Gasteiger charge is 2.38. The molecule has 2 amide bonds. The van der Waals surface area contributed by atoms with Crippen molar-refractivity contribution in [3.8, 4) is 0 Å². The molecule has 1 fully saturated rings. The zero-order chi connectivity index (χ0) is 27.4. The number of rotatable bonds is 8. The minimum absolute atomic E-state index is 0.0970. The maximum Gasteiger partial charge on any atom is 0.415 e. The molecule has 1 unspecified atom stereocenters. The Morgan fingerprint density at radius 2 is 1.77 bits per heavy atom. The number of benzene rings is 3. The Bertz CT molecular complexity index is 1290. The number of anilines is 1. The SMILES string of the molecule is C[C@H]1Cc2cc(F)ccc2CN(C[C@@H](O)[C@H](Cc2ccccc2)NC(=O)C2CN(c3ccccc3)C(=O)O2)C1. The van der Waals surface area contributed by atoms with E-state index in [2.05, 4.69) is 17.1 Å². The monoisotopic (exact) mass is 531 g/mol. The van der Waals surface area contributed by atoms with E-state index >= 15 is 0 Å². The topological polar surface area (TPSA) is 82.1 Å². The number of β-amino-alcohol motifs (C(OH)–C–C–N with tert-alkyl or cyclic N) is 1. The number of carbonyl (C=O) groups excluding carboxylic acids is 2. The van der Waals surface area contributed by atoms with Crippen molar-refractivity contribution in [3.63, 3.8) is 0 Å². The summed E-state index contributed by atoms with van der Waals surface area (Å²) in [6, 6.07) is 23.0. The van der Waals surface area contributed by atoms with Gasteiger partial charge in [-0.2, -0.15) is 0 Å². The van der Waals surface area contributed by atoms with Crippen LogP contribution in [0.5, 0.6) is 0 Å². The van der Waals surface area contributed by atoms with E-state index in [9.17, 15) is 19.1 Å². The van der Waals surface area contributed by atoms with Crippen LogP contribution in [0.25, 0.3) is 0 Å². The number of nitrogens with zero attached hydrogens (tertiary/aromatic N) is 2. The number of amides is 2. The van der Waals surface area contributed by atoms with Crippen LogP contribution in [0, 0.1) is 11.7 Å². The predicted molar refractivity (Wildman–Crippen MR) is 147 cm³/mol. The number of halogens is 1. The first-order chi connectivity index (χ1) is 18.9. The Labute approximate surface area is 228 Å². The van der Waals surface area contributed by atoms with Gasteiger partial charge in [0, 0.05) is 25.3 Å². The lowest BCUT2D eigenvalue weighted by molar-refractivity contribution is -0.129. The van der Waals surface area contributed by atoms with Crippen molar-refractivity contribution in [2.75, 3.05) is 24.5 Å². The molecule has 1 saturated heterocycles. The summed E-state index contributed by atoms with van der Waals surface area (Å²) in [7, 11) is 0. The Hall–Kier alpha value is -3.75. The van der Waals surface area contributed by atoms with Crippen LogP contribution in [0.15, 0.2) is 78.9 Å². The lowest BCUT2D eigenvalue weighted by Gasteiger charge is -2.31. The van der Waals surface area contributed by atoms with Crippen molar-refractivity contribution in [2.24, 2.45) is 5.92 Å². The fourth-order valence-corrected chi connectivity index (χ4v) is 5.50. The summed E-state index contributed by atoms with van der Waals surface area (Å²) in [4.78, 5) is 29.4. The molecule has 3 aromatic rings. The average Bonchev–Trinajstić information content (AvgIpc) is 3.24. The highest BCUT2D eigenvalue weighted by Crippen LogP contribution is 2.24. The van der Waals surface area contributed by atoms with E-state index in [0.29, 0.717) is 25.2 Å². The number of nitrogens with one attached hydrogen (secondary N) is 1. The first-order valence-electron chi connectivity index (χ1n) is 13.4. The van der Waals surface area contributed by atoms with Gasteiger partial charge >= 0.3 is 6.09 Å². The van der Waals surface area contributed by atoms with Crippen molar-refractivity contribution >= 4 is 17.7 Å². The third-order valence-corrected chi connectivity index (χ3v) is 7.41. The van der Waals surface area contributed by atoms with Crippen LogP contribution in [0.2, 0.25) is 0 Å². The molecular formula is C31H34FN3O4. The third-order valence-electron chi connectivity index (χ3n) is 7.41. The molecule has 2 aliphatic heterocycles. The van der Waals surface area contributed by atoms with Crippen LogP contribution >= 0.6 is 0 Å². The molecule has 0 aliphatic carbocycles. The van der Waals surface area contributed by atoms with Crippen molar-refractivity contribution in [3.05, 3.63) is 101 Å². The van der Waals surface area contributed by atoms with Gasteiger partial charge in [0.25, 0.3) is 5.91 Å². The number of carbonyl (C=O) groups is 2. The van der Waals surface area contributed by atoms with Crippen LogP contribution in [-0.2, 0) is 28.9 Å².